The highest BCUT2D eigenvalue weighted by Crippen LogP contribution is 2.27. The molecule has 0 heterocycles. The molecule has 5 nitrogen and oxygen atoms in total. The molecule has 3 N–H and O–H groups in total. The van der Waals surface area contributed by atoms with Crippen LogP contribution in [0.4, 0.5) is 4.79 Å². The number of carbonyl (C=O) groups excluding carboxylic acids is 1. The summed E-state index contributed by atoms with van der Waals surface area (Å²) in [6.45, 7) is 2.68. The molecule has 1 fully saturated rings. The van der Waals surface area contributed by atoms with Crippen LogP contribution >= 0.6 is 0 Å². The van der Waals surface area contributed by atoms with E-state index in [0.717, 1.165) is 6.42 Å². The number of hydrogen-bond acceptors (Lipinski definition) is 2. The number of hydrogen-bond donors (Lipinski definition) is 3. The first-order chi connectivity index (χ1) is 7.61. The molecule has 0 spiro atoms. The number of nitrogens with one attached hydrogen (secondary N) is 2. The van der Waals surface area contributed by atoms with Gasteiger partial charge in [-0.1, -0.05) is 13.3 Å². The molecule has 16 heavy (non-hydrogen) atoms. The van der Waals surface area contributed by atoms with E-state index in [1.807, 2.05) is 6.92 Å². The Labute approximate surface area is 95.6 Å². The molecule has 1 atom stereocenters. The Morgan fingerprint density at radius 1 is 1.44 bits per heavy atom. The minimum Gasteiger partial charge on any atom is -0.481 e. The zero-order valence-electron chi connectivity index (χ0n) is 9.66. The molecule has 0 aromatic rings. The second-order valence-corrected chi connectivity index (χ2v) is 4.38. The van der Waals surface area contributed by atoms with E-state index >= 15 is 0 Å². The van der Waals surface area contributed by atoms with Gasteiger partial charge in [-0.3, -0.25) is 4.79 Å². The fourth-order valence-corrected chi connectivity index (χ4v) is 1.58. The molecule has 92 valence electrons. The molecule has 0 radical (unpaired) electrons. The summed E-state index contributed by atoms with van der Waals surface area (Å²) in [7, 11) is 0. The molecule has 0 aliphatic heterocycles. The third-order valence-electron chi connectivity index (χ3n) is 2.64. The third-order valence-corrected chi connectivity index (χ3v) is 2.64. The van der Waals surface area contributed by atoms with Crippen molar-refractivity contribution < 1.29 is 14.7 Å². The number of carbonyl (C=O) groups is 2. The molecule has 1 unspecified atom stereocenters. The SMILES string of the molecule is CCCC(CC(=O)O)NC(=O)NCC1CC1. The molecule has 0 saturated heterocycles. The van der Waals surface area contributed by atoms with Crippen LogP contribution in [0.1, 0.15) is 39.0 Å². The van der Waals surface area contributed by atoms with Crippen molar-refractivity contribution >= 4 is 12.0 Å². The standard InChI is InChI=1S/C11H20N2O3/c1-2-3-9(6-10(14)15)13-11(16)12-7-8-4-5-8/h8-9H,2-7H2,1H3,(H,14,15)(H2,12,13,16). The van der Waals surface area contributed by atoms with E-state index in [0.29, 0.717) is 18.9 Å². The van der Waals surface area contributed by atoms with Gasteiger partial charge in [0.2, 0.25) is 0 Å². The van der Waals surface area contributed by atoms with Crippen molar-refractivity contribution in [3.05, 3.63) is 0 Å². The van der Waals surface area contributed by atoms with Crippen molar-refractivity contribution in [2.24, 2.45) is 5.92 Å². The van der Waals surface area contributed by atoms with Gasteiger partial charge in [-0.2, -0.15) is 0 Å². The van der Waals surface area contributed by atoms with Crippen LogP contribution in [-0.4, -0.2) is 29.7 Å². The first-order valence-electron chi connectivity index (χ1n) is 5.88. The summed E-state index contributed by atoms with van der Waals surface area (Å²) >= 11 is 0. The summed E-state index contributed by atoms with van der Waals surface area (Å²) in [5, 5.41) is 14.1. The maximum Gasteiger partial charge on any atom is 0.315 e. The lowest BCUT2D eigenvalue weighted by Crippen LogP contribution is -2.43. The first-order valence-corrected chi connectivity index (χ1v) is 5.88. The monoisotopic (exact) mass is 228 g/mol. The summed E-state index contributed by atoms with van der Waals surface area (Å²) in [5.41, 5.74) is 0. The van der Waals surface area contributed by atoms with Crippen LogP contribution < -0.4 is 10.6 Å². The van der Waals surface area contributed by atoms with Crippen molar-refractivity contribution in [2.75, 3.05) is 6.54 Å². The second kappa shape index (κ2) is 6.35. The van der Waals surface area contributed by atoms with Crippen LogP contribution in [0.5, 0.6) is 0 Å². The second-order valence-electron chi connectivity index (χ2n) is 4.38. The summed E-state index contributed by atoms with van der Waals surface area (Å²) < 4.78 is 0. The molecule has 0 aromatic carbocycles. The van der Waals surface area contributed by atoms with Crippen LogP contribution in [0, 0.1) is 5.92 Å². The van der Waals surface area contributed by atoms with Gasteiger partial charge in [0.05, 0.1) is 6.42 Å². The Balaban J connectivity index is 2.21. The van der Waals surface area contributed by atoms with Gasteiger partial charge in [0.1, 0.15) is 0 Å². The lowest BCUT2D eigenvalue weighted by molar-refractivity contribution is -0.137. The minimum absolute atomic E-state index is 0.00924. The Hall–Kier alpha value is -1.26. The van der Waals surface area contributed by atoms with Crippen molar-refractivity contribution in [2.45, 2.75) is 45.1 Å². The van der Waals surface area contributed by atoms with Crippen molar-refractivity contribution in [1.82, 2.24) is 10.6 Å². The lowest BCUT2D eigenvalue weighted by atomic mass is 10.1. The maximum absolute atomic E-state index is 11.4. The number of carboxylic acid groups (broad SMARTS) is 1. The van der Waals surface area contributed by atoms with Gasteiger partial charge < -0.3 is 15.7 Å². The number of carboxylic acids is 1. The van der Waals surface area contributed by atoms with Crippen LogP contribution in [0.25, 0.3) is 0 Å². The van der Waals surface area contributed by atoms with Gasteiger partial charge in [0, 0.05) is 12.6 Å². The normalized spacial score (nSPS) is 16.6. The quantitative estimate of drug-likeness (QED) is 0.615. The molecular formula is C11H20N2O3. The predicted octanol–water partition coefficient (Wildman–Crippen LogP) is 1.34. The summed E-state index contributed by atoms with van der Waals surface area (Å²) in [6.07, 6.45) is 3.93. The highest BCUT2D eigenvalue weighted by Gasteiger charge is 2.22. The van der Waals surface area contributed by atoms with Gasteiger partial charge in [-0.25, -0.2) is 4.79 Å². The van der Waals surface area contributed by atoms with Gasteiger partial charge >= 0.3 is 12.0 Å². The number of urea groups is 1. The van der Waals surface area contributed by atoms with E-state index < -0.39 is 5.97 Å². The molecule has 1 aliphatic rings. The largest absolute Gasteiger partial charge is 0.481 e. The molecule has 1 saturated carbocycles. The average Bonchev–Trinajstić information content (AvgIpc) is 2.97. The van der Waals surface area contributed by atoms with Gasteiger partial charge in [0.25, 0.3) is 0 Å². The van der Waals surface area contributed by atoms with Crippen molar-refractivity contribution in [3.63, 3.8) is 0 Å². The first kappa shape index (κ1) is 12.8. The Morgan fingerprint density at radius 3 is 2.62 bits per heavy atom. The topological polar surface area (TPSA) is 78.4 Å². The molecule has 0 aromatic heterocycles. The molecule has 1 aliphatic carbocycles. The highest BCUT2D eigenvalue weighted by atomic mass is 16.4. The molecule has 0 bridgehead atoms. The van der Waals surface area contributed by atoms with Crippen LogP contribution in [0.2, 0.25) is 0 Å². The van der Waals surface area contributed by atoms with E-state index in [2.05, 4.69) is 10.6 Å². The number of rotatable bonds is 7. The fraction of sp³-hybridized carbons (Fsp3) is 0.818. The summed E-state index contributed by atoms with van der Waals surface area (Å²) in [4.78, 5) is 22.0. The smallest absolute Gasteiger partial charge is 0.315 e. The zero-order chi connectivity index (χ0) is 12.0. The number of amides is 2. The van der Waals surface area contributed by atoms with E-state index in [1.54, 1.807) is 0 Å². The van der Waals surface area contributed by atoms with Crippen LogP contribution in [0.3, 0.4) is 0 Å². The van der Waals surface area contributed by atoms with E-state index in [-0.39, 0.29) is 18.5 Å². The van der Waals surface area contributed by atoms with Crippen LogP contribution in [-0.2, 0) is 4.79 Å². The highest BCUT2D eigenvalue weighted by molar-refractivity contribution is 5.75. The number of aliphatic carboxylic acids is 1. The maximum atomic E-state index is 11.4. The molecule has 5 heteroatoms. The van der Waals surface area contributed by atoms with Gasteiger partial charge in [-0.05, 0) is 25.2 Å². The van der Waals surface area contributed by atoms with Crippen molar-refractivity contribution in [1.29, 1.82) is 0 Å². The Kier molecular flexibility index (Phi) is 5.08. The summed E-state index contributed by atoms with van der Waals surface area (Å²) in [6, 6.07) is -0.506. The molecule has 2 amide bonds. The average molecular weight is 228 g/mol. The van der Waals surface area contributed by atoms with E-state index in [1.165, 1.54) is 12.8 Å². The van der Waals surface area contributed by atoms with E-state index in [9.17, 15) is 9.59 Å². The Morgan fingerprint density at radius 2 is 2.12 bits per heavy atom. The van der Waals surface area contributed by atoms with Gasteiger partial charge in [-0.15, -0.1) is 0 Å². The Bertz CT molecular complexity index is 252. The summed E-state index contributed by atoms with van der Waals surface area (Å²) in [5.74, 6) is -0.240. The van der Waals surface area contributed by atoms with Crippen molar-refractivity contribution in [3.8, 4) is 0 Å². The third kappa shape index (κ3) is 5.58. The molecular weight excluding hydrogens is 208 g/mol. The van der Waals surface area contributed by atoms with E-state index in [4.69, 9.17) is 5.11 Å². The zero-order valence-corrected chi connectivity index (χ0v) is 9.66. The minimum atomic E-state index is -0.874. The molecule has 1 rings (SSSR count). The van der Waals surface area contributed by atoms with Crippen LogP contribution in [0.15, 0.2) is 0 Å². The predicted molar refractivity (Wildman–Crippen MR) is 60.2 cm³/mol. The lowest BCUT2D eigenvalue weighted by Gasteiger charge is -2.16. The van der Waals surface area contributed by atoms with Gasteiger partial charge in [0.15, 0.2) is 0 Å². The fourth-order valence-electron chi connectivity index (χ4n) is 1.58.